The van der Waals surface area contributed by atoms with Gasteiger partial charge >= 0.3 is 0 Å². The lowest BCUT2D eigenvalue weighted by molar-refractivity contribution is 0.0518. The van der Waals surface area contributed by atoms with Crippen molar-refractivity contribution in [3.05, 3.63) is 11.8 Å². The molecule has 1 fully saturated rings. The van der Waals surface area contributed by atoms with Gasteiger partial charge in [-0.3, -0.25) is 0 Å². The van der Waals surface area contributed by atoms with Crippen molar-refractivity contribution in [3.63, 3.8) is 0 Å². The number of ether oxygens (including phenoxy) is 1. The van der Waals surface area contributed by atoms with Gasteiger partial charge < -0.3 is 9.64 Å². The van der Waals surface area contributed by atoms with Crippen molar-refractivity contribution in [2.45, 2.75) is 33.1 Å². The highest BCUT2D eigenvalue weighted by Crippen LogP contribution is 2.14. The Morgan fingerprint density at radius 3 is 2.54 bits per heavy atom. The van der Waals surface area contributed by atoms with Crippen molar-refractivity contribution < 1.29 is 4.74 Å². The van der Waals surface area contributed by atoms with E-state index in [1.807, 2.05) is 0 Å². The Balaban J connectivity index is 2.46. The van der Waals surface area contributed by atoms with E-state index in [1.54, 1.807) is 0 Å². The van der Waals surface area contributed by atoms with Crippen molar-refractivity contribution in [3.8, 4) is 0 Å². The third-order valence-corrected chi connectivity index (χ3v) is 2.36. The van der Waals surface area contributed by atoms with E-state index in [1.165, 1.54) is 18.5 Å². The van der Waals surface area contributed by atoms with Gasteiger partial charge in [0.25, 0.3) is 0 Å². The second-order valence-corrected chi connectivity index (χ2v) is 3.45. The van der Waals surface area contributed by atoms with Crippen molar-refractivity contribution in [1.29, 1.82) is 0 Å². The highest BCUT2D eigenvalue weighted by atomic mass is 16.5. The molecule has 1 saturated heterocycles. The number of hydrogen-bond acceptors (Lipinski definition) is 2. The minimum Gasteiger partial charge on any atom is -0.378 e. The molecule has 0 bridgehead atoms. The predicted molar refractivity (Wildman–Crippen MR) is 55.7 cm³/mol. The molecule has 0 unspecified atom stereocenters. The van der Waals surface area contributed by atoms with E-state index in [0.717, 1.165) is 32.7 Å². The van der Waals surface area contributed by atoms with Crippen LogP contribution in [0.4, 0.5) is 0 Å². The molecule has 2 heteroatoms. The molecule has 0 aliphatic carbocycles. The minimum atomic E-state index is 0.894. The van der Waals surface area contributed by atoms with Crippen LogP contribution in [-0.2, 0) is 4.74 Å². The Labute approximate surface area is 81.6 Å². The van der Waals surface area contributed by atoms with Crippen LogP contribution >= 0.6 is 0 Å². The molecule has 0 atom stereocenters. The fourth-order valence-electron chi connectivity index (χ4n) is 1.73. The average Bonchev–Trinajstić information content (AvgIpc) is 2.19. The first-order valence-electron chi connectivity index (χ1n) is 5.40. The highest BCUT2D eigenvalue weighted by molar-refractivity contribution is 5.01. The molecule has 0 aromatic heterocycles. The van der Waals surface area contributed by atoms with E-state index < -0.39 is 0 Å². The molecule has 0 amide bonds. The normalized spacial score (nSPS) is 19.2. The molecule has 0 aromatic rings. The van der Waals surface area contributed by atoms with Gasteiger partial charge in [0.05, 0.1) is 13.2 Å². The van der Waals surface area contributed by atoms with Gasteiger partial charge in [-0.1, -0.05) is 26.3 Å². The lowest BCUT2D eigenvalue weighted by Gasteiger charge is -2.31. The van der Waals surface area contributed by atoms with E-state index in [-0.39, 0.29) is 0 Å². The van der Waals surface area contributed by atoms with Crippen molar-refractivity contribution in [2.75, 3.05) is 26.3 Å². The molecule has 2 nitrogen and oxygen atoms in total. The molecule has 0 aromatic carbocycles. The monoisotopic (exact) mass is 183 g/mol. The molecule has 0 spiro atoms. The molecule has 0 N–H and O–H groups in total. The minimum absolute atomic E-state index is 0.894. The second kappa shape index (κ2) is 6.03. The lowest BCUT2D eigenvalue weighted by atomic mass is 10.2. The van der Waals surface area contributed by atoms with E-state index in [0.29, 0.717) is 0 Å². The van der Waals surface area contributed by atoms with Gasteiger partial charge in [0.15, 0.2) is 0 Å². The van der Waals surface area contributed by atoms with Gasteiger partial charge in [0, 0.05) is 18.8 Å². The molecule has 1 rings (SSSR count). The number of hydrogen-bond donors (Lipinski definition) is 0. The summed E-state index contributed by atoms with van der Waals surface area (Å²) in [6.45, 7) is 8.38. The number of rotatable bonds is 4. The summed E-state index contributed by atoms with van der Waals surface area (Å²) in [7, 11) is 0. The maximum atomic E-state index is 5.34. The summed E-state index contributed by atoms with van der Waals surface area (Å²) in [6, 6.07) is 0. The van der Waals surface area contributed by atoms with Gasteiger partial charge in [-0.05, 0) is 12.8 Å². The standard InChI is InChI=1S/C11H21NO/c1-3-5-11(6-4-2)12-7-9-13-10-8-12/h5H,3-4,6-10H2,1-2H3. The molecular weight excluding hydrogens is 162 g/mol. The lowest BCUT2D eigenvalue weighted by Crippen LogP contribution is -2.35. The zero-order chi connectivity index (χ0) is 9.52. The average molecular weight is 183 g/mol. The summed E-state index contributed by atoms with van der Waals surface area (Å²) >= 11 is 0. The first-order chi connectivity index (χ1) is 6.38. The molecule has 1 aliphatic rings. The summed E-state index contributed by atoms with van der Waals surface area (Å²) < 4.78 is 5.34. The van der Waals surface area contributed by atoms with E-state index >= 15 is 0 Å². The molecule has 1 aliphatic heterocycles. The summed E-state index contributed by atoms with van der Waals surface area (Å²) in [4.78, 5) is 2.47. The predicted octanol–water partition coefficient (Wildman–Crippen LogP) is 2.41. The van der Waals surface area contributed by atoms with Crippen LogP contribution in [0.2, 0.25) is 0 Å². The maximum Gasteiger partial charge on any atom is 0.0642 e. The molecule has 1 heterocycles. The third kappa shape index (κ3) is 3.39. The Hall–Kier alpha value is -0.500. The largest absolute Gasteiger partial charge is 0.378 e. The van der Waals surface area contributed by atoms with Gasteiger partial charge in [0.2, 0.25) is 0 Å². The quantitative estimate of drug-likeness (QED) is 0.663. The first-order valence-corrected chi connectivity index (χ1v) is 5.40. The molecule has 76 valence electrons. The van der Waals surface area contributed by atoms with Crippen LogP contribution < -0.4 is 0 Å². The smallest absolute Gasteiger partial charge is 0.0642 e. The van der Waals surface area contributed by atoms with Crippen LogP contribution in [0.1, 0.15) is 33.1 Å². The van der Waals surface area contributed by atoms with E-state index in [2.05, 4.69) is 24.8 Å². The Morgan fingerprint density at radius 1 is 1.31 bits per heavy atom. The maximum absolute atomic E-state index is 5.34. The van der Waals surface area contributed by atoms with Gasteiger partial charge in [-0.25, -0.2) is 0 Å². The number of allylic oxidation sites excluding steroid dienone is 2. The Bertz CT molecular complexity index is 159. The van der Waals surface area contributed by atoms with Crippen LogP contribution in [0.5, 0.6) is 0 Å². The van der Waals surface area contributed by atoms with Crippen LogP contribution in [0.3, 0.4) is 0 Å². The summed E-state index contributed by atoms with van der Waals surface area (Å²) in [5, 5.41) is 0. The van der Waals surface area contributed by atoms with E-state index in [9.17, 15) is 0 Å². The second-order valence-electron chi connectivity index (χ2n) is 3.45. The van der Waals surface area contributed by atoms with Crippen LogP contribution in [-0.4, -0.2) is 31.2 Å². The fourth-order valence-corrected chi connectivity index (χ4v) is 1.73. The topological polar surface area (TPSA) is 12.5 Å². The van der Waals surface area contributed by atoms with Gasteiger partial charge in [0.1, 0.15) is 0 Å². The Morgan fingerprint density at radius 2 is 2.00 bits per heavy atom. The Kier molecular flexibility index (Phi) is 4.91. The van der Waals surface area contributed by atoms with Crippen molar-refractivity contribution in [2.24, 2.45) is 0 Å². The molecule has 0 saturated carbocycles. The van der Waals surface area contributed by atoms with Crippen molar-refractivity contribution in [1.82, 2.24) is 4.90 Å². The summed E-state index contributed by atoms with van der Waals surface area (Å²) in [5.74, 6) is 0. The molecular formula is C11H21NO. The van der Waals surface area contributed by atoms with Gasteiger partial charge in [-0.15, -0.1) is 0 Å². The summed E-state index contributed by atoms with van der Waals surface area (Å²) in [5.41, 5.74) is 1.52. The number of morpholine rings is 1. The zero-order valence-electron chi connectivity index (χ0n) is 8.88. The first kappa shape index (κ1) is 10.6. The summed E-state index contributed by atoms with van der Waals surface area (Å²) in [6.07, 6.45) is 5.96. The fraction of sp³-hybridized carbons (Fsp3) is 0.818. The molecule has 13 heavy (non-hydrogen) atoms. The highest BCUT2D eigenvalue weighted by Gasteiger charge is 2.11. The van der Waals surface area contributed by atoms with E-state index in [4.69, 9.17) is 4.74 Å². The van der Waals surface area contributed by atoms with Crippen LogP contribution in [0.15, 0.2) is 11.8 Å². The SMILES string of the molecule is CCC=C(CCC)N1CCOCC1. The number of nitrogens with zero attached hydrogens (tertiary/aromatic N) is 1. The van der Waals surface area contributed by atoms with Crippen LogP contribution in [0, 0.1) is 0 Å². The molecule has 0 radical (unpaired) electrons. The third-order valence-electron chi connectivity index (χ3n) is 2.36. The van der Waals surface area contributed by atoms with Crippen molar-refractivity contribution >= 4 is 0 Å². The zero-order valence-corrected chi connectivity index (χ0v) is 8.88. The van der Waals surface area contributed by atoms with Crippen LogP contribution in [0.25, 0.3) is 0 Å². The van der Waals surface area contributed by atoms with Gasteiger partial charge in [-0.2, -0.15) is 0 Å².